The summed E-state index contributed by atoms with van der Waals surface area (Å²) in [4.78, 5) is 0. The Hall–Kier alpha value is -0.0900. The van der Waals surface area contributed by atoms with Crippen molar-refractivity contribution < 1.29 is 8.42 Å². The number of nitrogens with one attached hydrogen (secondary N) is 1. The van der Waals surface area contributed by atoms with Gasteiger partial charge in [-0.3, -0.25) is 0 Å². The minimum Gasteiger partial charge on any atom is -0.318 e. The molecule has 1 unspecified atom stereocenters. The van der Waals surface area contributed by atoms with Crippen LogP contribution >= 0.6 is 0 Å². The van der Waals surface area contributed by atoms with Crippen molar-refractivity contribution >= 4 is 9.84 Å². The van der Waals surface area contributed by atoms with Gasteiger partial charge in [0.1, 0.15) is 0 Å². The summed E-state index contributed by atoms with van der Waals surface area (Å²) in [6, 6.07) is 0. The molecule has 0 fully saturated rings. The van der Waals surface area contributed by atoms with Gasteiger partial charge in [-0.1, -0.05) is 6.92 Å². The van der Waals surface area contributed by atoms with Crippen molar-refractivity contribution in [3.05, 3.63) is 0 Å². The number of rotatable bonds is 4. The fourth-order valence-corrected chi connectivity index (χ4v) is 1.90. The Morgan fingerprint density at radius 3 is 2.10 bits per heavy atom. The van der Waals surface area contributed by atoms with E-state index in [1.54, 1.807) is 7.05 Å². The maximum Gasteiger partial charge on any atom is 0.151 e. The Morgan fingerprint density at radius 2 is 2.00 bits per heavy atom. The van der Waals surface area contributed by atoms with E-state index < -0.39 is 9.84 Å². The first kappa shape index (κ1) is 9.91. The first-order chi connectivity index (χ1) is 4.52. The molecule has 4 heteroatoms. The monoisotopic (exact) mass is 165 g/mol. The fraction of sp³-hybridized carbons (Fsp3) is 1.00. The van der Waals surface area contributed by atoms with Crippen molar-refractivity contribution in [1.82, 2.24) is 5.32 Å². The fourth-order valence-electron chi connectivity index (χ4n) is 0.826. The lowest BCUT2D eigenvalue weighted by atomic mass is 10.3. The second-order valence-electron chi connectivity index (χ2n) is 2.42. The van der Waals surface area contributed by atoms with E-state index in [1.165, 1.54) is 6.26 Å². The Labute approximate surface area is 62.7 Å². The highest BCUT2D eigenvalue weighted by molar-refractivity contribution is 7.91. The average Bonchev–Trinajstić information content (AvgIpc) is 1.80. The Morgan fingerprint density at radius 1 is 1.50 bits per heavy atom. The van der Waals surface area contributed by atoms with Gasteiger partial charge in [0.25, 0.3) is 0 Å². The zero-order valence-electron chi connectivity index (χ0n) is 6.72. The summed E-state index contributed by atoms with van der Waals surface area (Å²) in [6.07, 6.45) is 1.96. The normalized spacial score (nSPS) is 15.1. The van der Waals surface area contributed by atoms with E-state index in [2.05, 4.69) is 5.32 Å². The Kier molecular flexibility index (Phi) is 3.89. The molecule has 1 atom stereocenters. The standard InChI is InChI=1S/C6H15NO2S/c1-4-6(5-7-2)10(3,8)9/h6-7H,4-5H2,1-3H3. The number of hydrogen-bond donors (Lipinski definition) is 1. The lowest BCUT2D eigenvalue weighted by Crippen LogP contribution is -2.30. The zero-order valence-corrected chi connectivity index (χ0v) is 7.53. The van der Waals surface area contributed by atoms with Crippen LogP contribution in [0.25, 0.3) is 0 Å². The van der Waals surface area contributed by atoms with E-state index >= 15 is 0 Å². The highest BCUT2D eigenvalue weighted by Crippen LogP contribution is 2.01. The van der Waals surface area contributed by atoms with Crippen LogP contribution in [0.1, 0.15) is 13.3 Å². The van der Waals surface area contributed by atoms with E-state index in [0.29, 0.717) is 13.0 Å². The molecule has 0 aromatic rings. The largest absolute Gasteiger partial charge is 0.318 e. The second kappa shape index (κ2) is 3.93. The first-order valence-corrected chi connectivity index (χ1v) is 5.31. The van der Waals surface area contributed by atoms with Crippen molar-refractivity contribution in [2.24, 2.45) is 0 Å². The van der Waals surface area contributed by atoms with Gasteiger partial charge in [-0.2, -0.15) is 0 Å². The molecule has 62 valence electrons. The first-order valence-electron chi connectivity index (χ1n) is 3.35. The third-order valence-corrected chi connectivity index (χ3v) is 3.20. The molecule has 1 N–H and O–H groups in total. The zero-order chi connectivity index (χ0) is 8.20. The van der Waals surface area contributed by atoms with Gasteiger partial charge >= 0.3 is 0 Å². The van der Waals surface area contributed by atoms with Crippen LogP contribution in [0.15, 0.2) is 0 Å². The van der Waals surface area contributed by atoms with E-state index in [4.69, 9.17) is 0 Å². The third kappa shape index (κ3) is 3.17. The van der Waals surface area contributed by atoms with Gasteiger partial charge in [-0.05, 0) is 13.5 Å². The molecule has 0 spiro atoms. The minimum absolute atomic E-state index is 0.225. The van der Waals surface area contributed by atoms with Crippen molar-refractivity contribution in [2.75, 3.05) is 19.8 Å². The van der Waals surface area contributed by atoms with Crippen molar-refractivity contribution in [3.8, 4) is 0 Å². The lowest BCUT2D eigenvalue weighted by Gasteiger charge is -2.10. The van der Waals surface area contributed by atoms with E-state index in [-0.39, 0.29) is 5.25 Å². The third-order valence-electron chi connectivity index (χ3n) is 1.49. The molecule has 0 heterocycles. The van der Waals surface area contributed by atoms with Crippen LogP contribution in [0.3, 0.4) is 0 Å². The maximum atomic E-state index is 10.9. The summed E-state index contributed by atoms with van der Waals surface area (Å²) >= 11 is 0. The van der Waals surface area contributed by atoms with Crippen LogP contribution in [0.5, 0.6) is 0 Å². The van der Waals surface area contributed by atoms with Gasteiger partial charge in [0, 0.05) is 12.8 Å². The molecule has 0 amide bonds. The summed E-state index contributed by atoms with van der Waals surface area (Å²) in [5.41, 5.74) is 0. The molecule has 0 aromatic heterocycles. The summed E-state index contributed by atoms with van der Waals surface area (Å²) in [5, 5.41) is 2.62. The molecule has 0 radical (unpaired) electrons. The second-order valence-corrected chi connectivity index (χ2v) is 4.74. The molecule has 0 aliphatic heterocycles. The SMILES string of the molecule is CCC(CNC)S(C)(=O)=O. The van der Waals surface area contributed by atoms with Crippen molar-refractivity contribution in [2.45, 2.75) is 18.6 Å². The molecule has 0 aliphatic carbocycles. The average molecular weight is 165 g/mol. The molecule has 0 bridgehead atoms. The van der Waals surface area contributed by atoms with Crippen LogP contribution in [-0.2, 0) is 9.84 Å². The molecular formula is C6H15NO2S. The van der Waals surface area contributed by atoms with Crippen LogP contribution in [0.2, 0.25) is 0 Å². The Balaban J connectivity index is 4.08. The summed E-state index contributed by atoms with van der Waals surface area (Å²) in [5.74, 6) is 0. The van der Waals surface area contributed by atoms with Crippen molar-refractivity contribution in [1.29, 1.82) is 0 Å². The molecule has 0 aliphatic rings. The van der Waals surface area contributed by atoms with Gasteiger partial charge in [0.15, 0.2) is 9.84 Å². The lowest BCUT2D eigenvalue weighted by molar-refractivity contribution is 0.574. The van der Waals surface area contributed by atoms with Crippen LogP contribution < -0.4 is 5.32 Å². The molecule has 10 heavy (non-hydrogen) atoms. The van der Waals surface area contributed by atoms with Crippen molar-refractivity contribution in [3.63, 3.8) is 0 Å². The maximum absolute atomic E-state index is 10.9. The van der Waals surface area contributed by atoms with Crippen LogP contribution in [0, 0.1) is 0 Å². The number of hydrogen-bond acceptors (Lipinski definition) is 3. The molecule has 3 nitrogen and oxygen atoms in total. The topological polar surface area (TPSA) is 46.2 Å². The van der Waals surface area contributed by atoms with E-state index in [1.807, 2.05) is 6.92 Å². The number of sulfone groups is 1. The van der Waals surface area contributed by atoms with Gasteiger partial charge in [-0.15, -0.1) is 0 Å². The quantitative estimate of drug-likeness (QED) is 0.639. The molecule has 0 saturated carbocycles. The summed E-state index contributed by atoms with van der Waals surface area (Å²) in [6.45, 7) is 2.43. The highest BCUT2D eigenvalue weighted by Gasteiger charge is 2.16. The molecular weight excluding hydrogens is 150 g/mol. The molecule has 0 saturated heterocycles. The van der Waals surface area contributed by atoms with E-state index in [0.717, 1.165) is 0 Å². The van der Waals surface area contributed by atoms with Gasteiger partial charge < -0.3 is 5.32 Å². The highest BCUT2D eigenvalue weighted by atomic mass is 32.2. The Bertz CT molecular complexity index is 174. The van der Waals surface area contributed by atoms with Gasteiger partial charge in [-0.25, -0.2) is 8.42 Å². The predicted molar refractivity (Wildman–Crippen MR) is 42.8 cm³/mol. The van der Waals surface area contributed by atoms with E-state index in [9.17, 15) is 8.42 Å². The van der Waals surface area contributed by atoms with Crippen LogP contribution in [-0.4, -0.2) is 33.5 Å². The smallest absolute Gasteiger partial charge is 0.151 e. The van der Waals surface area contributed by atoms with Gasteiger partial charge in [0.2, 0.25) is 0 Å². The molecule has 0 rings (SSSR count). The predicted octanol–water partition coefficient (Wildman–Crippen LogP) is 0.0290. The summed E-state index contributed by atoms with van der Waals surface area (Å²) < 4.78 is 21.8. The minimum atomic E-state index is -2.84. The van der Waals surface area contributed by atoms with Crippen LogP contribution in [0.4, 0.5) is 0 Å². The molecule has 0 aromatic carbocycles. The van der Waals surface area contributed by atoms with Gasteiger partial charge in [0.05, 0.1) is 5.25 Å². The summed E-state index contributed by atoms with van der Waals surface area (Å²) in [7, 11) is -1.08.